The molecule has 1 aliphatic rings. The van der Waals surface area contributed by atoms with Gasteiger partial charge < -0.3 is 19.2 Å². The van der Waals surface area contributed by atoms with Crippen LogP contribution in [0, 0.1) is 5.92 Å². The number of benzene rings is 1. The molecule has 0 radical (unpaired) electrons. The molecule has 0 unspecified atom stereocenters. The van der Waals surface area contributed by atoms with Crippen LogP contribution < -0.4 is 10.1 Å². The largest absolute Gasteiger partial charge is 0.497 e. The molecule has 1 saturated carbocycles. The molecule has 0 aliphatic heterocycles. The van der Waals surface area contributed by atoms with Crippen molar-refractivity contribution in [3.8, 4) is 11.4 Å². The normalized spacial score (nSPS) is 14.3. The summed E-state index contributed by atoms with van der Waals surface area (Å²) in [6.07, 6.45) is 7.13. The standard InChI is InChI=1S/C25H32N4O4S/c1-31-16-21-12-13-22(33-21)24(30)26-15-14-23-27-28-25(34-17-18-6-4-3-5-7-18)29(23)19-8-10-20(32-2)11-9-19/h8-13,18H,3-7,14-17H2,1-2H3,(H,26,30). The van der Waals surface area contributed by atoms with Gasteiger partial charge in [0.15, 0.2) is 10.9 Å². The molecule has 8 nitrogen and oxygen atoms in total. The zero-order chi connectivity index (χ0) is 23.8. The van der Waals surface area contributed by atoms with Gasteiger partial charge in [-0.2, -0.15) is 0 Å². The van der Waals surface area contributed by atoms with Crippen molar-refractivity contribution in [1.29, 1.82) is 0 Å². The van der Waals surface area contributed by atoms with Crippen molar-refractivity contribution >= 4 is 17.7 Å². The number of aromatic nitrogens is 3. The number of hydrogen-bond donors (Lipinski definition) is 1. The lowest BCUT2D eigenvalue weighted by Crippen LogP contribution is -2.26. The average molecular weight is 485 g/mol. The van der Waals surface area contributed by atoms with Crippen LogP contribution in [0.5, 0.6) is 5.75 Å². The molecule has 0 spiro atoms. The van der Waals surface area contributed by atoms with Gasteiger partial charge in [0.2, 0.25) is 0 Å². The van der Waals surface area contributed by atoms with E-state index in [2.05, 4.69) is 20.1 Å². The maximum atomic E-state index is 12.5. The second-order valence-corrected chi connectivity index (χ2v) is 9.44. The molecule has 1 aliphatic carbocycles. The van der Waals surface area contributed by atoms with E-state index < -0.39 is 0 Å². The Morgan fingerprint density at radius 3 is 2.65 bits per heavy atom. The molecular formula is C25H32N4O4S. The maximum absolute atomic E-state index is 12.5. The Bertz CT molecular complexity index is 1060. The van der Waals surface area contributed by atoms with E-state index in [1.54, 1.807) is 38.1 Å². The summed E-state index contributed by atoms with van der Waals surface area (Å²) in [5.41, 5.74) is 0.980. The first-order chi connectivity index (χ1) is 16.7. The first kappa shape index (κ1) is 24.3. The highest BCUT2D eigenvalue weighted by Crippen LogP contribution is 2.31. The second-order valence-electron chi connectivity index (χ2n) is 8.45. The van der Waals surface area contributed by atoms with Crippen molar-refractivity contribution in [3.05, 3.63) is 53.7 Å². The predicted octanol–water partition coefficient (Wildman–Crippen LogP) is 4.66. The Morgan fingerprint density at radius 2 is 1.91 bits per heavy atom. The van der Waals surface area contributed by atoms with Gasteiger partial charge in [0.05, 0.1) is 7.11 Å². The van der Waals surface area contributed by atoms with E-state index >= 15 is 0 Å². The molecule has 1 fully saturated rings. The number of ether oxygens (including phenoxy) is 2. The third-order valence-electron chi connectivity index (χ3n) is 6.01. The molecule has 1 amide bonds. The van der Waals surface area contributed by atoms with Crippen molar-refractivity contribution < 1.29 is 18.7 Å². The number of methoxy groups -OCH3 is 2. The predicted molar refractivity (Wildman–Crippen MR) is 131 cm³/mol. The van der Waals surface area contributed by atoms with Crippen LogP contribution in [0.3, 0.4) is 0 Å². The summed E-state index contributed by atoms with van der Waals surface area (Å²) >= 11 is 1.77. The van der Waals surface area contributed by atoms with Crippen LogP contribution in [-0.4, -0.2) is 47.2 Å². The first-order valence-corrected chi connectivity index (χ1v) is 12.7. The van der Waals surface area contributed by atoms with E-state index in [0.717, 1.165) is 34.1 Å². The van der Waals surface area contributed by atoms with Gasteiger partial charge in [0, 0.05) is 31.5 Å². The third-order valence-corrected chi connectivity index (χ3v) is 7.17. The Hall–Kier alpha value is -2.78. The fraction of sp³-hybridized carbons (Fsp3) is 0.480. The monoisotopic (exact) mass is 484 g/mol. The summed E-state index contributed by atoms with van der Waals surface area (Å²) in [7, 11) is 3.24. The number of rotatable bonds is 11. The number of thioether (sulfide) groups is 1. The molecule has 1 N–H and O–H groups in total. The zero-order valence-corrected chi connectivity index (χ0v) is 20.6. The Morgan fingerprint density at radius 1 is 1.12 bits per heavy atom. The van der Waals surface area contributed by atoms with Gasteiger partial charge in [-0.05, 0) is 55.2 Å². The molecule has 4 rings (SSSR count). The molecule has 0 saturated heterocycles. The lowest BCUT2D eigenvalue weighted by Gasteiger charge is -2.20. The molecule has 2 heterocycles. The van der Waals surface area contributed by atoms with Crippen molar-refractivity contribution in [2.75, 3.05) is 26.5 Å². The van der Waals surface area contributed by atoms with Gasteiger partial charge in [-0.3, -0.25) is 9.36 Å². The van der Waals surface area contributed by atoms with E-state index in [9.17, 15) is 4.79 Å². The topological polar surface area (TPSA) is 91.4 Å². The van der Waals surface area contributed by atoms with Crippen LogP contribution in [-0.2, 0) is 17.8 Å². The summed E-state index contributed by atoms with van der Waals surface area (Å²) < 4.78 is 17.9. The van der Waals surface area contributed by atoms with Gasteiger partial charge in [-0.1, -0.05) is 31.0 Å². The van der Waals surface area contributed by atoms with Crippen molar-refractivity contribution in [1.82, 2.24) is 20.1 Å². The van der Waals surface area contributed by atoms with Crippen LogP contribution >= 0.6 is 11.8 Å². The van der Waals surface area contributed by atoms with Crippen LogP contribution in [0.4, 0.5) is 0 Å². The van der Waals surface area contributed by atoms with Gasteiger partial charge in [0.25, 0.3) is 5.91 Å². The minimum atomic E-state index is -0.259. The lowest BCUT2D eigenvalue weighted by atomic mass is 9.91. The molecule has 0 atom stereocenters. The molecule has 1 aromatic carbocycles. The van der Waals surface area contributed by atoms with E-state index in [0.29, 0.717) is 25.3 Å². The molecule has 34 heavy (non-hydrogen) atoms. The van der Waals surface area contributed by atoms with Crippen molar-refractivity contribution in [3.63, 3.8) is 0 Å². The molecule has 0 bridgehead atoms. The van der Waals surface area contributed by atoms with E-state index in [4.69, 9.17) is 13.9 Å². The average Bonchev–Trinajstić information content (AvgIpc) is 3.51. The summed E-state index contributed by atoms with van der Waals surface area (Å²) in [5, 5.41) is 12.8. The lowest BCUT2D eigenvalue weighted by molar-refractivity contribution is 0.0917. The number of carbonyl (C=O) groups excluding carboxylic acids is 1. The number of carbonyl (C=O) groups is 1. The fourth-order valence-corrected chi connectivity index (χ4v) is 5.34. The second kappa shape index (κ2) is 12.1. The zero-order valence-electron chi connectivity index (χ0n) is 19.8. The molecule has 2 aromatic heterocycles. The smallest absolute Gasteiger partial charge is 0.287 e. The van der Waals surface area contributed by atoms with Crippen LogP contribution in [0.25, 0.3) is 5.69 Å². The number of hydrogen-bond acceptors (Lipinski definition) is 7. The first-order valence-electron chi connectivity index (χ1n) is 11.7. The maximum Gasteiger partial charge on any atom is 0.287 e. The van der Waals surface area contributed by atoms with E-state index in [1.807, 2.05) is 24.3 Å². The Balaban J connectivity index is 1.44. The summed E-state index contributed by atoms with van der Waals surface area (Å²) in [6, 6.07) is 11.3. The van der Waals surface area contributed by atoms with Gasteiger partial charge in [-0.15, -0.1) is 10.2 Å². The minimum Gasteiger partial charge on any atom is -0.497 e. The molecule has 3 aromatic rings. The van der Waals surface area contributed by atoms with E-state index in [-0.39, 0.29) is 11.7 Å². The summed E-state index contributed by atoms with van der Waals surface area (Å²) in [5.74, 6) is 4.01. The molecule has 9 heteroatoms. The van der Waals surface area contributed by atoms with Gasteiger partial charge in [0.1, 0.15) is 23.9 Å². The highest BCUT2D eigenvalue weighted by molar-refractivity contribution is 7.99. The van der Waals surface area contributed by atoms with Gasteiger partial charge in [-0.25, -0.2) is 0 Å². The van der Waals surface area contributed by atoms with Crippen LogP contribution in [0.15, 0.2) is 46.0 Å². The Labute approximate surface area is 204 Å². The van der Waals surface area contributed by atoms with Crippen LogP contribution in [0.1, 0.15) is 54.2 Å². The summed E-state index contributed by atoms with van der Waals surface area (Å²) in [4.78, 5) is 12.5. The minimum absolute atomic E-state index is 0.259. The molecular weight excluding hydrogens is 452 g/mol. The fourth-order valence-electron chi connectivity index (χ4n) is 4.19. The highest BCUT2D eigenvalue weighted by Gasteiger charge is 2.19. The van der Waals surface area contributed by atoms with Crippen molar-refractivity contribution in [2.45, 2.75) is 50.3 Å². The number of amides is 1. The highest BCUT2D eigenvalue weighted by atomic mass is 32.2. The Kier molecular flexibility index (Phi) is 8.65. The third kappa shape index (κ3) is 6.21. The van der Waals surface area contributed by atoms with Crippen molar-refractivity contribution in [2.24, 2.45) is 5.92 Å². The molecule has 182 valence electrons. The number of nitrogens with zero attached hydrogens (tertiary/aromatic N) is 3. The van der Waals surface area contributed by atoms with E-state index in [1.165, 1.54) is 32.1 Å². The number of nitrogens with one attached hydrogen (secondary N) is 1. The number of furan rings is 1. The SMILES string of the molecule is COCc1ccc(C(=O)NCCc2nnc(SCC3CCCCC3)n2-c2ccc(OC)cc2)o1. The summed E-state index contributed by atoms with van der Waals surface area (Å²) in [6.45, 7) is 0.750. The van der Waals surface area contributed by atoms with Crippen LogP contribution in [0.2, 0.25) is 0 Å². The quantitative estimate of drug-likeness (QED) is 0.396. The van der Waals surface area contributed by atoms with Gasteiger partial charge >= 0.3 is 0 Å².